The van der Waals surface area contributed by atoms with Gasteiger partial charge in [-0.15, -0.1) is 0 Å². The fraction of sp³-hybridized carbons (Fsp3) is 1.00. The van der Waals surface area contributed by atoms with Gasteiger partial charge in [-0.3, -0.25) is 4.90 Å². The summed E-state index contributed by atoms with van der Waals surface area (Å²) in [6.07, 6.45) is 7.58. The molecule has 0 saturated heterocycles. The highest BCUT2D eigenvalue weighted by Gasteiger charge is 2.46. The number of ether oxygens (including phenoxy) is 1. The van der Waals surface area contributed by atoms with Crippen LogP contribution in [0.3, 0.4) is 0 Å². The monoisotopic (exact) mass is 284 g/mol. The van der Waals surface area contributed by atoms with Crippen LogP contribution in [0.5, 0.6) is 0 Å². The highest BCUT2D eigenvalue weighted by atomic mass is 16.5. The molecule has 1 aliphatic carbocycles. The summed E-state index contributed by atoms with van der Waals surface area (Å²) >= 11 is 0. The lowest BCUT2D eigenvalue weighted by molar-refractivity contribution is -0.0968. The number of methoxy groups -OCH3 is 1. The third kappa shape index (κ3) is 3.75. The Morgan fingerprint density at radius 1 is 1.25 bits per heavy atom. The largest absolute Gasteiger partial charge is 0.379 e. The van der Waals surface area contributed by atoms with Gasteiger partial charge in [-0.1, -0.05) is 40.5 Å². The van der Waals surface area contributed by atoms with Crippen LogP contribution in [-0.2, 0) is 4.74 Å². The second-order valence-electron chi connectivity index (χ2n) is 6.79. The van der Waals surface area contributed by atoms with Crippen LogP contribution in [0, 0.1) is 5.92 Å². The smallest absolute Gasteiger partial charge is 0.0767 e. The van der Waals surface area contributed by atoms with Crippen LogP contribution in [0.2, 0.25) is 0 Å². The second kappa shape index (κ2) is 8.35. The third-order valence-corrected chi connectivity index (χ3v) is 5.08. The summed E-state index contributed by atoms with van der Waals surface area (Å²) in [7, 11) is 1.86. The predicted octanol–water partition coefficient (Wildman–Crippen LogP) is 3.42. The SMILES string of the molecule is CCC(CC)N(CC(C)C)C1(CN)CCCCC1OC. The van der Waals surface area contributed by atoms with E-state index in [1.165, 1.54) is 32.1 Å². The molecule has 1 saturated carbocycles. The van der Waals surface area contributed by atoms with Gasteiger partial charge >= 0.3 is 0 Å². The lowest BCUT2D eigenvalue weighted by Crippen LogP contribution is -2.66. The molecule has 1 rings (SSSR count). The van der Waals surface area contributed by atoms with Gasteiger partial charge in [0, 0.05) is 26.2 Å². The summed E-state index contributed by atoms with van der Waals surface area (Å²) in [5.41, 5.74) is 6.36. The van der Waals surface area contributed by atoms with E-state index >= 15 is 0 Å². The molecule has 0 heterocycles. The molecular weight excluding hydrogens is 248 g/mol. The maximum absolute atomic E-state index is 6.31. The third-order valence-electron chi connectivity index (χ3n) is 5.08. The number of rotatable bonds is 8. The van der Waals surface area contributed by atoms with E-state index < -0.39 is 0 Å². The van der Waals surface area contributed by atoms with E-state index in [0.717, 1.165) is 13.0 Å². The molecule has 2 unspecified atom stereocenters. The fourth-order valence-corrected chi connectivity index (χ4v) is 4.02. The molecule has 0 aliphatic heterocycles. The first kappa shape index (κ1) is 17.9. The molecule has 3 nitrogen and oxygen atoms in total. The molecule has 0 aromatic rings. The van der Waals surface area contributed by atoms with E-state index in [-0.39, 0.29) is 5.54 Å². The van der Waals surface area contributed by atoms with Crippen molar-refractivity contribution in [2.24, 2.45) is 11.7 Å². The van der Waals surface area contributed by atoms with Crippen molar-refractivity contribution in [3.05, 3.63) is 0 Å². The van der Waals surface area contributed by atoms with Gasteiger partial charge in [0.15, 0.2) is 0 Å². The maximum Gasteiger partial charge on any atom is 0.0767 e. The van der Waals surface area contributed by atoms with Gasteiger partial charge in [-0.2, -0.15) is 0 Å². The van der Waals surface area contributed by atoms with Gasteiger partial charge in [0.2, 0.25) is 0 Å². The van der Waals surface area contributed by atoms with Crippen LogP contribution in [-0.4, -0.2) is 42.8 Å². The van der Waals surface area contributed by atoms with E-state index in [1.807, 2.05) is 7.11 Å². The molecule has 0 bridgehead atoms. The van der Waals surface area contributed by atoms with Crippen molar-refractivity contribution in [1.29, 1.82) is 0 Å². The zero-order valence-electron chi connectivity index (χ0n) is 14.3. The number of hydrogen-bond donors (Lipinski definition) is 1. The van der Waals surface area contributed by atoms with E-state index in [9.17, 15) is 0 Å². The second-order valence-corrected chi connectivity index (χ2v) is 6.79. The summed E-state index contributed by atoms with van der Waals surface area (Å²) in [4.78, 5) is 2.71. The molecule has 1 fully saturated rings. The average molecular weight is 284 g/mol. The molecule has 0 aromatic heterocycles. The normalized spacial score (nSPS) is 27.8. The zero-order valence-corrected chi connectivity index (χ0v) is 14.3. The first-order valence-electron chi connectivity index (χ1n) is 8.55. The Hall–Kier alpha value is -0.120. The van der Waals surface area contributed by atoms with Crippen molar-refractivity contribution in [3.63, 3.8) is 0 Å². The van der Waals surface area contributed by atoms with Crippen LogP contribution < -0.4 is 5.73 Å². The average Bonchev–Trinajstić information content (AvgIpc) is 2.46. The zero-order chi connectivity index (χ0) is 15.2. The van der Waals surface area contributed by atoms with Crippen molar-refractivity contribution in [2.75, 3.05) is 20.2 Å². The Bertz CT molecular complexity index is 266. The van der Waals surface area contributed by atoms with E-state index in [2.05, 4.69) is 32.6 Å². The van der Waals surface area contributed by atoms with Crippen LogP contribution in [0.4, 0.5) is 0 Å². The van der Waals surface area contributed by atoms with Gasteiger partial charge in [-0.25, -0.2) is 0 Å². The summed E-state index contributed by atoms with van der Waals surface area (Å²) in [5.74, 6) is 0.665. The highest BCUT2D eigenvalue weighted by Crippen LogP contribution is 2.37. The quantitative estimate of drug-likeness (QED) is 0.742. The van der Waals surface area contributed by atoms with Gasteiger partial charge in [0.1, 0.15) is 0 Å². The minimum atomic E-state index is 0.0496. The van der Waals surface area contributed by atoms with Crippen molar-refractivity contribution in [1.82, 2.24) is 4.90 Å². The van der Waals surface area contributed by atoms with Gasteiger partial charge in [0.25, 0.3) is 0 Å². The maximum atomic E-state index is 6.31. The highest BCUT2D eigenvalue weighted by molar-refractivity contribution is 5.03. The Morgan fingerprint density at radius 2 is 1.90 bits per heavy atom. The Labute approximate surface area is 126 Å². The molecule has 0 aromatic carbocycles. The summed E-state index contributed by atoms with van der Waals surface area (Å²) < 4.78 is 5.88. The molecule has 2 atom stereocenters. The lowest BCUT2D eigenvalue weighted by atomic mass is 9.76. The fourth-order valence-electron chi connectivity index (χ4n) is 4.02. The van der Waals surface area contributed by atoms with Gasteiger partial charge < -0.3 is 10.5 Å². The topological polar surface area (TPSA) is 38.5 Å². The van der Waals surface area contributed by atoms with Gasteiger partial charge in [-0.05, 0) is 31.6 Å². The minimum absolute atomic E-state index is 0.0496. The van der Waals surface area contributed by atoms with Crippen molar-refractivity contribution < 1.29 is 4.74 Å². The van der Waals surface area contributed by atoms with Crippen molar-refractivity contribution in [2.45, 2.75) is 83.9 Å². The molecule has 0 radical (unpaired) electrons. The number of nitrogens with two attached hydrogens (primary N) is 1. The minimum Gasteiger partial charge on any atom is -0.379 e. The van der Waals surface area contributed by atoms with Crippen molar-refractivity contribution in [3.8, 4) is 0 Å². The molecule has 3 heteroatoms. The summed E-state index contributed by atoms with van der Waals surface area (Å²) in [6, 6.07) is 0.622. The van der Waals surface area contributed by atoms with Crippen LogP contribution in [0.25, 0.3) is 0 Å². The summed E-state index contributed by atoms with van der Waals surface area (Å²) in [6.45, 7) is 11.1. The first-order chi connectivity index (χ1) is 9.55. The van der Waals surface area contributed by atoms with E-state index in [4.69, 9.17) is 10.5 Å². The Kier molecular flexibility index (Phi) is 7.49. The molecule has 2 N–H and O–H groups in total. The number of hydrogen-bond acceptors (Lipinski definition) is 3. The van der Waals surface area contributed by atoms with Crippen molar-refractivity contribution >= 4 is 0 Å². The summed E-state index contributed by atoms with van der Waals surface area (Å²) in [5, 5.41) is 0. The Balaban J connectivity index is 3.09. The predicted molar refractivity (Wildman–Crippen MR) is 87.0 cm³/mol. The first-order valence-corrected chi connectivity index (χ1v) is 8.55. The van der Waals surface area contributed by atoms with Crippen LogP contribution >= 0.6 is 0 Å². The number of nitrogens with zero attached hydrogens (tertiary/aromatic N) is 1. The molecule has 1 aliphatic rings. The molecular formula is C17H36N2O. The molecule has 20 heavy (non-hydrogen) atoms. The molecule has 120 valence electrons. The van der Waals surface area contributed by atoms with Crippen LogP contribution in [0.15, 0.2) is 0 Å². The van der Waals surface area contributed by atoms with E-state index in [1.54, 1.807) is 0 Å². The van der Waals surface area contributed by atoms with E-state index in [0.29, 0.717) is 24.6 Å². The standard InChI is InChI=1S/C17H36N2O/c1-6-15(7-2)19(12-14(3)4)17(13-18)11-9-8-10-16(17)20-5/h14-16H,6-13,18H2,1-5H3. The lowest BCUT2D eigenvalue weighted by Gasteiger charge is -2.53. The van der Waals surface area contributed by atoms with Gasteiger partial charge in [0.05, 0.1) is 11.6 Å². The Morgan fingerprint density at radius 3 is 2.35 bits per heavy atom. The molecule has 0 amide bonds. The van der Waals surface area contributed by atoms with Crippen LogP contribution in [0.1, 0.15) is 66.2 Å². The molecule has 0 spiro atoms.